The SMILES string of the molecule is Cc1ccc(Cl)cc1-n1ncc2c(=O)n(CC(=O)NC3CCCCC3)cnc21. The summed E-state index contributed by atoms with van der Waals surface area (Å²) < 4.78 is 2.93. The van der Waals surface area contributed by atoms with Gasteiger partial charge in [-0.15, -0.1) is 0 Å². The number of benzene rings is 1. The van der Waals surface area contributed by atoms with Gasteiger partial charge in [0.15, 0.2) is 5.65 Å². The molecular formula is C20H22ClN5O2. The topological polar surface area (TPSA) is 81.8 Å². The van der Waals surface area contributed by atoms with E-state index in [1.165, 1.54) is 23.5 Å². The Morgan fingerprint density at radius 1 is 1.29 bits per heavy atom. The maximum Gasteiger partial charge on any atom is 0.264 e. The number of hydrogen-bond donors (Lipinski definition) is 1. The van der Waals surface area contributed by atoms with E-state index in [-0.39, 0.29) is 24.1 Å². The minimum atomic E-state index is -0.283. The summed E-state index contributed by atoms with van der Waals surface area (Å²) in [6.45, 7) is 1.90. The van der Waals surface area contributed by atoms with E-state index >= 15 is 0 Å². The van der Waals surface area contributed by atoms with Gasteiger partial charge in [-0.05, 0) is 37.5 Å². The third-order valence-corrected chi connectivity index (χ3v) is 5.47. The molecule has 8 heteroatoms. The number of rotatable bonds is 4. The molecule has 0 aliphatic heterocycles. The molecule has 0 spiro atoms. The van der Waals surface area contributed by atoms with Crippen molar-refractivity contribution in [1.29, 1.82) is 0 Å². The number of carbonyl (C=O) groups excluding carboxylic acids is 1. The first-order valence-corrected chi connectivity index (χ1v) is 9.90. The minimum absolute atomic E-state index is 0.0420. The Hall–Kier alpha value is -2.67. The fourth-order valence-electron chi connectivity index (χ4n) is 3.72. The molecule has 1 aliphatic rings. The summed E-state index contributed by atoms with van der Waals surface area (Å²) in [6, 6.07) is 5.69. The van der Waals surface area contributed by atoms with Crippen LogP contribution in [0.1, 0.15) is 37.7 Å². The van der Waals surface area contributed by atoms with Gasteiger partial charge in [-0.25, -0.2) is 9.67 Å². The zero-order valence-electron chi connectivity index (χ0n) is 15.7. The van der Waals surface area contributed by atoms with Crippen LogP contribution in [0, 0.1) is 6.92 Å². The smallest absolute Gasteiger partial charge is 0.264 e. The van der Waals surface area contributed by atoms with Gasteiger partial charge in [0.1, 0.15) is 18.3 Å². The van der Waals surface area contributed by atoms with Crippen LogP contribution in [0.5, 0.6) is 0 Å². The molecule has 0 saturated heterocycles. The Balaban J connectivity index is 1.60. The van der Waals surface area contributed by atoms with Gasteiger partial charge in [0.2, 0.25) is 5.91 Å². The van der Waals surface area contributed by atoms with Gasteiger partial charge in [0, 0.05) is 11.1 Å². The van der Waals surface area contributed by atoms with E-state index in [1.807, 2.05) is 13.0 Å². The van der Waals surface area contributed by atoms with E-state index in [1.54, 1.807) is 16.8 Å². The van der Waals surface area contributed by atoms with Crippen LogP contribution in [0.3, 0.4) is 0 Å². The lowest BCUT2D eigenvalue weighted by atomic mass is 9.95. The summed E-state index contributed by atoms with van der Waals surface area (Å²) in [5, 5.41) is 8.30. The molecule has 2 aromatic heterocycles. The minimum Gasteiger partial charge on any atom is -0.352 e. The lowest BCUT2D eigenvalue weighted by molar-refractivity contribution is -0.122. The van der Waals surface area contributed by atoms with Gasteiger partial charge in [0.25, 0.3) is 5.56 Å². The number of hydrogen-bond acceptors (Lipinski definition) is 4. The summed E-state index contributed by atoms with van der Waals surface area (Å²) >= 11 is 6.11. The molecule has 28 heavy (non-hydrogen) atoms. The molecule has 1 amide bonds. The van der Waals surface area contributed by atoms with Crippen molar-refractivity contribution in [2.75, 3.05) is 0 Å². The van der Waals surface area contributed by atoms with E-state index in [0.717, 1.165) is 36.9 Å². The first-order chi connectivity index (χ1) is 13.5. The Morgan fingerprint density at radius 2 is 2.07 bits per heavy atom. The first-order valence-electron chi connectivity index (χ1n) is 9.52. The summed E-state index contributed by atoms with van der Waals surface area (Å²) in [5.41, 5.74) is 1.89. The van der Waals surface area contributed by atoms with Crippen LogP contribution in [0.4, 0.5) is 0 Å². The van der Waals surface area contributed by atoms with Crippen molar-refractivity contribution in [3.8, 4) is 5.69 Å². The van der Waals surface area contributed by atoms with Crippen LogP contribution in [0.15, 0.2) is 35.5 Å². The highest BCUT2D eigenvalue weighted by Gasteiger charge is 2.18. The zero-order valence-corrected chi connectivity index (χ0v) is 16.4. The molecule has 1 fully saturated rings. The molecule has 2 heterocycles. The largest absolute Gasteiger partial charge is 0.352 e. The van der Waals surface area contributed by atoms with Gasteiger partial charge in [0.05, 0.1) is 11.9 Å². The normalized spacial score (nSPS) is 15.1. The molecule has 1 N–H and O–H groups in total. The Morgan fingerprint density at radius 3 is 2.86 bits per heavy atom. The average Bonchev–Trinajstić information content (AvgIpc) is 3.11. The number of aromatic nitrogens is 4. The number of carbonyl (C=O) groups is 1. The maximum absolute atomic E-state index is 12.8. The molecule has 1 saturated carbocycles. The molecule has 0 bridgehead atoms. The van der Waals surface area contributed by atoms with Crippen LogP contribution in [-0.2, 0) is 11.3 Å². The molecular weight excluding hydrogens is 378 g/mol. The van der Waals surface area contributed by atoms with Crippen LogP contribution >= 0.6 is 11.6 Å². The Labute approximate surface area is 167 Å². The quantitative estimate of drug-likeness (QED) is 0.731. The van der Waals surface area contributed by atoms with Gasteiger partial charge >= 0.3 is 0 Å². The Kier molecular flexibility index (Phi) is 5.17. The summed E-state index contributed by atoms with van der Waals surface area (Å²) in [5.74, 6) is -0.159. The number of nitrogens with zero attached hydrogens (tertiary/aromatic N) is 4. The summed E-state index contributed by atoms with van der Waals surface area (Å²) in [4.78, 5) is 29.5. The fourth-order valence-corrected chi connectivity index (χ4v) is 3.89. The van der Waals surface area contributed by atoms with E-state index in [4.69, 9.17) is 11.6 Å². The van der Waals surface area contributed by atoms with Crippen molar-refractivity contribution < 1.29 is 4.79 Å². The number of halogens is 1. The van der Waals surface area contributed by atoms with Gasteiger partial charge in [-0.1, -0.05) is 36.9 Å². The molecule has 7 nitrogen and oxygen atoms in total. The molecule has 1 aliphatic carbocycles. The second kappa shape index (κ2) is 7.75. The third-order valence-electron chi connectivity index (χ3n) is 5.24. The molecule has 3 aromatic rings. The summed E-state index contributed by atoms with van der Waals surface area (Å²) in [7, 11) is 0. The van der Waals surface area contributed by atoms with Gasteiger partial charge in [-0.2, -0.15) is 5.10 Å². The Bertz CT molecular complexity index is 1080. The van der Waals surface area contributed by atoms with Crippen molar-refractivity contribution in [3.63, 3.8) is 0 Å². The van der Waals surface area contributed by atoms with E-state index in [0.29, 0.717) is 16.1 Å². The average molecular weight is 400 g/mol. The van der Waals surface area contributed by atoms with Crippen LogP contribution in [0.2, 0.25) is 5.02 Å². The van der Waals surface area contributed by atoms with Crippen LogP contribution in [-0.4, -0.2) is 31.3 Å². The summed E-state index contributed by atoms with van der Waals surface area (Å²) in [6.07, 6.45) is 8.40. The van der Waals surface area contributed by atoms with Crippen molar-refractivity contribution in [2.24, 2.45) is 0 Å². The first kappa shape index (κ1) is 18.7. The molecule has 4 rings (SSSR count). The fraction of sp³-hybridized carbons (Fsp3) is 0.400. The molecule has 0 radical (unpaired) electrons. The highest BCUT2D eigenvalue weighted by molar-refractivity contribution is 6.30. The lowest BCUT2D eigenvalue weighted by Crippen LogP contribution is -2.39. The molecule has 0 unspecified atom stereocenters. The highest BCUT2D eigenvalue weighted by atomic mass is 35.5. The second-order valence-electron chi connectivity index (χ2n) is 7.30. The molecule has 146 valence electrons. The third kappa shape index (κ3) is 3.67. The lowest BCUT2D eigenvalue weighted by Gasteiger charge is -2.22. The number of aryl methyl sites for hydroxylation is 1. The highest BCUT2D eigenvalue weighted by Crippen LogP contribution is 2.21. The van der Waals surface area contributed by atoms with E-state index < -0.39 is 0 Å². The van der Waals surface area contributed by atoms with Gasteiger partial charge < -0.3 is 5.32 Å². The van der Waals surface area contributed by atoms with E-state index in [9.17, 15) is 9.59 Å². The van der Waals surface area contributed by atoms with E-state index in [2.05, 4.69) is 15.4 Å². The van der Waals surface area contributed by atoms with Crippen molar-refractivity contribution in [1.82, 2.24) is 24.6 Å². The predicted octanol–water partition coefficient (Wildman–Crippen LogP) is 2.99. The van der Waals surface area contributed by atoms with Crippen LogP contribution < -0.4 is 10.9 Å². The number of amides is 1. The van der Waals surface area contributed by atoms with Gasteiger partial charge in [-0.3, -0.25) is 14.2 Å². The predicted molar refractivity (Wildman–Crippen MR) is 108 cm³/mol. The number of fused-ring (bicyclic) bond motifs is 1. The monoisotopic (exact) mass is 399 g/mol. The van der Waals surface area contributed by atoms with Crippen molar-refractivity contribution in [2.45, 2.75) is 51.6 Å². The maximum atomic E-state index is 12.8. The van der Waals surface area contributed by atoms with Crippen molar-refractivity contribution in [3.05, 3.63) is 51.7 Å². The zero-order chi connectivity index (χ0) is 19.7. The van der Waals surface area contributed by atoms with Crippen molar-refractivity contribution >= 4 is 28.5 Å². The second-order valence-corrected chi connectivity index (χ2v) is 7.74. The standard InChI is InChI=1S/C20H22ClN5O2/c1-13-7-8-14(21)9-17(13)26-19-16(10-23-26)20(28)25(12-22-19)11-18(27)24-15-5-3-2-4-6-15/h7-10,12,15H,2-6,11H2,1H3,(H,24,27). The molecule has 1 aromatic carbocycles. The number of nitrogens with one attached hydrogen (secondary N) is 1. The van der Waals surface area contributed by atoms with Crippen LogP contribution in [0.25, 0.3) is 16.7 Å². The molecule has 0 atom stereocenters.